The average Bonchev–Trinajstić information content (AvgIpc) is 2.56. The summed E-state index contributed by atoms with van der Waals surface area (Å²) in [6.07, 6.45) is 5.90. The van der Waals surface area contributed by atoms with E-state index in [-0.39, 0.29) is 0 Å². The molecule has 0 aliphatic rings. The van der Waals surface area contributed by atoms with Crippen molar-refractivity contribution in [2.45, 2.75) is 26.7 Å². The first-order valence-corrected chi connectivity index (χ1v) is 7.64. The van der Waals surface area contributed by atoms with Crippen molar-refractivity contribution in [3.05, 3.63) is 83.4 Å². The minimum Gasteiger partial charge on any atom is -0.241 e. The summed E-state index contributed by atoms with van der Waals surface area (Å²) in [6.45, 7) is 4.02. The highest BCUT2D eigenvalue weighted by Crippen LogP contribution is 2.19. The normalized spacial score (nSPS) is 10.6. The molecule has 0 aliphatic carbocycles. The van der Waals surface area contributed by atoms with Crippen LogP contribution in [0.4, 0.5) is 0 Å². The molecule has 2 nitrogen and oxygen atoms in total. The van der Waals surface area contributed by atoms with Crippen molar-refractivity contribution < 1.29 is 0 Å². The Morgan fingerprint density at radius 1 is 0.636 bits per heavy atom. The fraction of sp³-hybridized carbons (Fsp3) is 0.200. The number of benzene rings is 2. The maximum Gasteiger partial charge on any atom is 0.125 e. The second kappa shape index (κ2) is 6.52. The zero-order valence-corrected chi connectivity index (χ0v) is 13.1. The van der Waals surface area contributed by atoms with E-state index in [9.17, 15) is 0 Å². The van der Waals surface area contributed by atoms with Crippen LogP contribution in [0.1, 0.15) is 22.5 Å². The van der Waals surface area contributed by atoms with E-state index >= 15 is 0 Å². The van der Waals surface area contributed by atoms with Gasteiger partial charge in [0.1, 0.15) is 5.82 Å². The Morgan fingerprint density at radius 2 is 1.14 bits per heavy atom. The molecule has 2 heteroatoms. The molecule has 0 saturated heterocycles. The van der Waals surface area contributed by atoms with Gasteiger partial charge in [-0.2, -0.15) is 0 Å². The van der Waals surface area contributed by atoms with E-state index in [2.05, 4.69) is 65.4 Å². The van der Waals surface area contributed by atoms with Crippen molar-refractivity contribution in [2.24, 2.45) is 0 Å². The summed E-state index contributed by atoms with van der Waals surface area (Å²) in [5.41, 5.74) is 6.29. The Hall–Kier alpha value is -2.48. The molecule has 3 aromatic rings. The van der Waals surface area contributed by atoms with E-state index in [1.807, 2.05) is 19.3 Å². The molecule has 1 heterocycles. The number of rotatable bonds is 4. The summed E-state index contributed by atoms with van der Waals surface area (Å²) in [6, 6.07) is 17.5. The molecule has 0 N–H and O–H groups in total. The van der Waals surface area contributed by atoms with Gasteiger partial charge in [-0.3, -0.25) is 0 Å². The minimum atomic E-state index is 0.804. The molecule has 0 atom stereocenters. The highest BCUT2D eigenvalue weighted by Gasteiger charge is 2.00. The molecular weight excluding hydrogens is 268 g/mol. The fourth-order valence-electron chi connectivity index (χ4n) is 2.45. The lowest BCUT2D eigenvalue weighted by Crippen LogP contribution is -1.92. The van der Waals surface area contributed by atoms with Gasteiger partial charge in [-0.1, -0.05) is 54.1 Å². The van der Waals surface area contributed by atoms with Crippen molar-refractivity contribution in [3.63, 3.8) is 0 Å². The summed E-state index contributed by atoms with van der Waals surface area (Å²) >= 11 is 0. The maximum absolute atomic E-state index is 4.25. The predicted octanol–water partition coefficient (Wildman–Crippen LogP) is 4.55. The van der Waals surface area contributed by atoms with Gasteiger partial charge in [-0.05, 0) is 43.4 Å². The predicted molar refractivity (Wildman–Crippen MR) is 90.8 cm³/mol. The summed E-state index contributed by atoms with van der Waals surface area (Å²) in [5, 5.41) is 0. The Labute approximate surface area is 131 Å². The monoisotopic (exact) mass is 288 g/mol. The number of aromatic nitrogens is 2. The average molecular weight is 288 g/mol. The molecule has 0 saturated carbocycles. The van der Waals surface area contributed by atoms with Gasteiger partial charge in [0.25, 0.3) is 0 Å². The highest BCUT2D eigenvalue weighted by molar-refractivity contribution is 5.61. The molecule has 3 rings (SSSR count). The summed E-state index contributed by atoms with van der Waals surface area (Å²) in [5.74, 6) is 0.804. The Morgan fingerprint density at radius 3 is 1.68 bits per heavy atom. The zero-order chi connectivity index (χ0) is 15.4. The third-order valence-corrected chi connectivity index (χ3v) is 3.89. The van der Waals surface area contributed by atoms with Crippen LogP contribution in [0, 0.1) is 13.8 Å². The van der Waals surface area contributed by atoms with Crippen LogP contribution < -0.4 is 0 Å². The van der Waals surface area contributed by atoms with E-state index in [0.29, 0.717) is 0 Å². The Balaban J connectivity index is 1.66. The van der Waals surface area contributed by atoms with Crippen LogP contribution in [0.15, 0.2) is 60.9 Å². The molecular formula is C20H20N2. The van der Waals surface area contributed by atoms with Crippen molar-refractivity contribution in [3.8, 4) is 11.1 Å². The molecule has 0 unspecified atom stereocenters. The molecule has 0 bridgehead atoms. The van der Waals surface area contributed by atoms with Gasteiger partial charge < -0.3 is 0 Å². The third kappa shape index (κ3) is 3.59. The standard InChI is InChI=1S/C20H20N2/c1-15-3-5-17(6-4-15)7-8-18-9-11-19(12-10-18)20-13-21-16(2)22-14-20/h3-6,9-14H,7-8H2,1-2H3. The lowest BCUT2D eigenvalue weighted by molar-refractivity contribution is 0.959. The molecule has 0 amide bonds. The molecule has 1 aromatic heterocycles. The lowest BCUT2D eigenvalue weighted by Gasteiger charge is -2.05. The van der Waals surface area contributed by atoms with Crippen molar-refractivity contribution in [1.29, 1.82) is 0 Å². The first-order valence-electron chi connectivity index (χ1n) is 7.64. The van der Waals surface area contributed by atoms with Crippen molar-refractivity contribution in [1.82, 2.24) is 9.97 Å². The van der Waals surface area contributed by atoms with Crippen LogP contribution in [-0.4, -0.2) is 9.97 Å². The van der Waals surface area contributed by atoms with Crippen LogP contribution in [0.5, 0.6) is 0 Å². The number of nitrogens with zero attached hydrogens (tertiary/aromatic N) is 2. The van der Waals surface area contributed by atoms with Gasteiger partial charge in [0.05, 0.1) is 0 Å². The number of hydrogen-bond donors (Lipinski definition) is 0. The SMILES string of the molecule is Cc1ccc(CCc2ccc(-c3cnc(C)nc3)cc2)cc1. The largest absolute Gasteiger partial charge is 0.241 e. The topological polar surface area (TPSA) is 25.8 Å². The maximum atomic E-state index is 4.25. The van der Waals surface area contributed by atoms with Crippen LogP contribution in [-0.2, 0) is 12.8 Å². The third-order valence-electron chi connectivity index (χ3n) is 3.89. The van der Waals surface area contributed by atoms with Crippen LogP contribution >= 0.6 is 0 Å². The van der Waals surface area contributed by atoms with E-state index < -0.39 is 0 Å². The van der Waals surface area contributed by atoms with E-state index in [4.69, 9.17) is 0 Å². The second-order valence-corrected chi connectivity index (χ2v) is 5.70. The van der Waals surface area contributed by atoms with Crippen LogP contribution in [0.2, 0.25) is 0 Å². The van der Waals surface area contributed by atoms with Gasteiger partial charge in [0.15, 0.2) is 0 Å². The number of hydrogen-bond acceptors (Lipinski definition) is 2. The van der Waals surface area contributed by atoms with Gasteiger partial charge in [0.2, 0.25) is 0 Å². The highest BCUT2D eigenvalue weighted by atomic mass is 14.8. The van der Waals surface area contributed by atoms with Crippen LogP contribution in [0.3, 0.4) is 0 Å². The molecule has 0 fully saturated rings. The smallest absolute Gasteiger partial charge is 0.125 e. The lowest BCUT2D eigenvalue weighted by atomic mass is 10.0. The van der Waals surface area contributed by atoms with Gasteiger partial charge in [-0.25, -0.2) is 9.97 Å². The molecule has 110 valence electrons. The first-order chi connectivity index (χ1) is 10.7. The quantitative estimate of drug-likeness (QED) is 0.704. The second-order valence-electron chi connectivity index (χ2n) is 5.70. The van der Waals surface area contributed by atoms with Crippen LogP contribution in [0.25, 0.3) is 11.1 Å². The molecule has 0 aliphatic heterocycles. The summed E-state index contributed by atoms with van der Waals surface area (Å²) in [7, 11) is 0. The zero-order valence-electron chi connectivity index (χ0n) is 13.1. The van der Waals surface area contributed by atoms with E-state index in [1.54, 1.807) is 0 Å². The van der Waals surface area contributed by atoms with E-state index in [0.717, 1.165) is 24.2 Å². The summed E-state index contributed by atoms with van der Waals surface area (Å²) in [4.78, 5) is 8.50. The van der Waals surface area contributed by atoms with Gasteiger partial charge in [0, 0.05) is 18.0 Å². The molecule has 22 heavy (non-hydrogen) atoms. The molecule has 0 spiro atoms. The fourth-order valence-corrected chi connectivity index (χ4v) is 2.45. The summed E-state index contributed by atoms with van der Waals surface area (Å²) < 4.78 is 0. The Bertz CT molecular complexity index is 726. The molecule has 0 radical (unpaired) electrons. The van der Waals surface area contributed by atoms with Gasteiger partial charge in [-0.15, -0.1) is 0 Å². The van der Waals surface area contributed by atoms with Crippen molar-refractivity contribution >= 4 is 0 Å². The minimum absolute atomic E-state index is 0.804. The Kier molecular flexibility index (Phi) is 4.29. The number of aryl methyl sites for hydroxylation is 4. The van der Waals surface area contributed by atoms with Gasteiger partial charge >= 0.3 is 0 Å². The molecule has 2 aromatic carbocycles. The first kappa shape index (κ1) is 14.5. The van der Waals surface area contributed by atoms with Crippen molar-refractivity contribution in [2.75, 3.05) is 0 Å². The van der Waals surface area contributed by atoms with E-state index in [1.165, 1.54) is 22.3 Å².